The summed E-state index contributed by atoms with van der Waals surface area (Å²) in [6.07, 6.45) is 3.51. The third-order valence-corrected chi connectivity index (χ3v) is 3.75. The van der Waals surface area contributed by atoms with Crippen molar-refractivity contribution < 1.29 is 14.4 Å². The average Bonchev–Trinajstić information content (AvgIpc) is 2.46. The molecule has 0 atom stereocenters. The monoisotopic (exact) mass is 269 g/mol. The highest BCUT2D eigenvalue weighted by Gasteiger charge is 2.31. The van der Waals surface area contributed by atoms with Crippen LogP contribution in [0.15, 0.2) is 0 Å². The minimum Gasteiger partial charge on any atom is -0.331 e. The van der Waals surface area contributed by atoms with Crippen LogP contribution in [-0.4, -0.2) is 67.1 Å². The zero-order valence-electron chi connectivity index (χ0n) is 11.8. The summed E-state index contributed by atoms with van der Waals surface area (Å²) in [4.78, 5) is 32.8. The topological polar surface area (TPSA) is 53.1 Å². The fourth-order valence-electron chi connectivity index (χ4n) is 2.57. The average molecular weight is 269 g/mol. The van der Waals surface area contributed by atoms with Crippen LogP contribution in [0.4, 0.5) is 4.79 Å². The first-order chi connectivity index (χ1) is 9.09. The molecule has 6 heteroatoms. The van der Waals surface area contributed by atoms with E-state index in [1.807, 2.05) is 0 Å². The molecule has 0 spiro atoms. The molecule has 0 N–H and O–H groups in total. The van der Waals surface area contributed by atoms with Crippen molar-refractivity contribution in [2.45, 2.75) is 25.7 Å². The SMILES string of the molecule is CN(C)C(=O)N1CCC(C(=O)N2CCCCO2)CC1. The second-order valence-corrected chi connectivity index (χ2v) is 5.42. The van der Waals surface area contributed by atoms with Crippen molar-refractivity contribution in [2.75, 3.05) is 40.3 Å². The number of likely N-dealkylation sites (tertiary alicyclic amines) is 1. The lowest BCUT2D eigenvalue weighted by Crippen LogP contribution is -2.47. The molecule has 0 aromatic carbocycles. The van der Waals surface area contributed by atoms with Gasteiger partial charge in [-0.15, -0.1) is 0 Å². The Kier molecular flexibility index (Phi) is 4.63. The van der Waals surface area contributed by atoms with Crippen LogP contribution in [0.1, 0.15) is 25.7 Å². The Morgan fingerprint density at radius 1 is 1.11 bits per heavy atom. The molecular weight excluding hydrogens is 246 g/mol. The molecular formula is C13H23N3O3. The van der Waals surface area contributed by atoms with E-state index in [1.54, 1.807) is 23.9 Å². The molecule has 0 aromatic rings. The number of piperidine rings is 1. The number of carbonyl (C=O) groups is 2. The molecule has 2 aliphatic heterocycles. The Hall–Kier alpha value is -1.30. The van der Waals surface area contributed by atoms with Crippen LogP contribution in [0.3, 0.4) is 0 Å². The van der Waals surface area contributed by atoms with Crippen LogP contribution in [0, 0.1) is 5.92 Å². The molecule has 108 valence electrons. The third kappa shape index (κ3) is 3.37. The van der Waals surface area contributed by atoms with E-state index in [1.165, 1.54) is 5.06 Å². The quantitative estimate of drug-likeness (QED) is 0.711. The van der Waals surface area contributed by atoms with E-state index in [0.717, 1.165) is 25.7 Å². The predicted octanol–water partition coefficient (Wildman–Crippen LogP) is 0.934. The molecule has 0 aromatic heterocycles. The van der Waals surface area contributed by atoms with Gasteiger partial charge in [0.05, 0.1) is 6.61 Å². The van der Waals surface area contributed by atoms with E-state index in [0.29, 0.717) is 26.2 Å². The van der Waals surface area contributed by atoms with E-state index in [-0.39, 0.29) is 17.9 Å². The van der Waals surface area contributed by atoms with Gasteiger partial charge < -0.3 is 9.80 Å². The minimum absolute atomic E-state index is 0.00399. The molecule has 2 fully saturated rings. The summed E-state index contributed by atoms with van der Waals surface area (Å²) in [6.45, 7) is 2.65. The number of urea groups is 1. The van der Waals surface area contributed by atoms with Crippen LogP contribution in [0.5, 0.6) is 0 Å². The van der Waals surface area contributed by atoms with Gasteiger partial charge in [0.2, 0.25) is 5.91 Å². The van der Waals surface area contributed by atoms with Gasteiger partial charge in [0, 0.05) is 39.6 Å². The Labute approximate surface area is 114 Å². The number of amides is 3. The van der Waals surface area contributed by atoms with Crippen molar-refractivity contribution >= 4 is 11.9 Å². The molecule has 0 unspecified atom stereocenters. The van der Waals surface area contributed by atoms with Crippen molar-refractivity contribution in [3.63, 3.8) is 0 Å². The van der Waals surface area contributed by atoms with Crippen molar-refractivity contribution in [3.8, 4) is 0 Å². The van der Waals surface area contributed by atoms with Crippen LogP contribution in [0.25, 0.3) is 0 Å². The van der Waals surface area contributed by atoms with Crippen LogP contribution in [0.2, 0.25) is 0 Å². The van der Waals surface area contributed by atoms with Crippen LogP contribution >= 0.6 is 0 Å². The van der Waals surface area contributed by atoms with Gasteiger partial charge in [-0.1, -0.05) is 0 Å². The Morgan fingerprint density at radius 3 is 2.32 bits per heavy atom. The number of hydrogen-bond acceptors (Lipinski definition) is 3. The molecule has 0 radical (unpaired) electrons. The zero-order valence-corrected chi connectivity index (χ0v) is 11.8. The first-order valence-electron chi connectivity index (χ1n) is 7.00. The minimum atomic E-state index is 0.00399. The molecule has 6 nitrogen and oxygen atoms in total. The zero-order chi connectivity index (χ0) is 13.8. The smallest absolute Gasteiger partial charge is 0.319 e. The summed E-state index contributed by atoms with van der Waals surface area (Å²) in [5, 5.41) is 1.53. The normalized spacial score (nSPS) is 21.4. The molecule has 0 bridgehead atoms. The highest BCUT2D eigenvalue weighted by atomic mass is 16.7. The molecule has 2 rings (SSSR count). The van der Waals surface area contributed by atoms with Gasteiger partial charge in [-0.05, 0) is 25.7 Å². The van der Waals surface area contributed by atoms with E-state index in [2.05, 4.69) is 0 Å². The summed E-state index contributed by atoms with van der Waals surface area (Å²) in [5.41, 5.74) is 0. The number of hydroxylamine groups is 2. The molecule has 19 heavy (non-hydrogen) atoms. The molecule has 2 saturated heterocycles. The maximum atomic E-state index is 12.3. The lowest BCUT2D eigenvalue weighted by atomic mass is 9.96. The molecule has 3 amide bonds. The maximum Gasteiger partial charge on any atom is 0.319 e. The molecule has 0 saturated carbocycles. The van der Waals surface area contributed by atoms with Crippen molar-refractivity contribution in [2.24, 2.45) is 5.92 Å². The van der Waals surface area contributed by atoms with E-state index in [4.69, 9.17) is 4.84 Å². The standard InChI is InChI=1S/C13H23N3O3/c1-14(2)13(18)15-8-5-11(6-9-15)12(17)16-7-3-4-10-19-16/h11H,3-10H2,1-2H3. The van der Waals surface area contributed by atoms with Crippen molar-refractivity contribution in [1.29, 1.82) is 0 Å². The second-order valence-electron chi connectivity index (χ2n) is 5.42. The number of rotatable bonds is 1. The summed E-state index contributed by atoms with van der Waals surface area (Å²) < 4.78 is 0. The Morgan fingerprint density at radius 2 is 1.79 bits per heavy atom. The summed E-state index contributed by atoms with van der Waals surface area (Å²) in [6, 6.07) is 0.0279. The summed E-state index contributed by atoms with van der Waals surface area (Å²) in [7, 11) is 3.50. The predicted molar refractivity (Wildman–Crippen MR) is 70.3 cm³/mol. The third-order valence-electron chi connectivity index (χ3n) is 3.75. The number of carbonyl (C=O) groups excluding carboxylic acids is 2. The van der Waals surface area contributed by atoms with Crippen molar-refractivity contribution in [1.82, 2.24) is 14.9 Å². The molecule has 2 heterocycles. The van der Waals surface area contributed by atoms with Gasteiger partial charge in [-0.2, -0.15) is 0 Å². The summed E-state index contributed by atoms with van der Waals surface area (Å²) in [5.74, 6) is 0.0981. The first-order valence-corrected chi connectivity index (χ1v) is 7.00. The van der Waals surface area contributed by atoms with E-state index < -0.39 is 0 Å². The highest BCUT2D eigenvalue weighted by Crippen LogP contribution is 2.21. The highest BCUT2D eigenvalue weighted by molar-refractivity contribution is 5.79. The van der Waals surface area contributed by atoms with E-state index in [9.17, 15) is 9.59 Å². The number of hydrogen-bond donors (Lipinski definition) is 0. The Balaban J connectivity index is 1.82. The van der Waals surface area contributed by atoms with Gasteiger partial charge in [0.15, 0.2) is 0 Å². The van der Waals surface area contributed by atoms with E-state index >= 15 is 0 Å². The maximum absolute atomic E-state index is 12.3. The lowest BCUT2D eigenvalue weighted by molar-refractivity contribution is -0.202. The van der Waals surface area contributed by atoms with Gasteiger partial charge >= 0.3 is 6.03 Å². The largest absolute Gasteiger partial charge is 0.331 e. The number of nitrogens with zero attached hydrogens (tertiary/aromatic N) is 3. The van der Waals surface area contributed by atoms with Gasteiger partial charge in [0.25, 0.3) is 0 Å². The second kappa shape index (κ2) is 6.23. The van der Waals surface area contributed by atoms with Crippen LogP contribution in [-0.2, 0) is 9.63 Å². The van der Waals surface area contributed by atoms with Gasteiger partial charge in [-0.25, -0.2) is 9.86 Å². The van der Waals surface area contributed by atoms with Crippen LogP contribution < -0.4 is 0 Å². The summed E-state index contributed by atoms with van der Waals surface area (Å²) >= 11 is 0. The lowest BCUT2D eigenvalue weighted by Gasteiger charge is -2.35. The van der Waals surface area contributed by atoms with Crippen molar-refractivity contribution in [3.05, 3.63) is 0 Å². The fraction of sp³-hybridized carbons (Fsp3) is 0.846. The fourth-order valence-corrected chi connectivity index (χ4v) is 2.57. The molecule has 2 aliphatic rings. The molecule has 0 aliphatic carbocycles. The first kappa shape index (κ1) is 14.1. The Bertz CT molecular complexity index is 332. The van der Waals surface area contributed by atoms with Gasteiger partial charge in [0.1, 0.15) is 0 Å². The van der Waals surface area contributed by atoms with Gasteiger partial charge in [-0.3, -0.25) is 9.63 Å².